The highest BCUT2D eigenvalue weighted by atomic mass is 32.1. The molecule has 146 valence electrons. The van der Waals surface area contributed by atoms with Crippen LogP contribution in [0.2, 0.25) is 0 Å². The zero-order chi connectivity index (χ0) is 19.5. The molecule has 1 saturated heterocycles. The van der Waals surface area contributed by atoms with Gasteiger partial charge < -0.3 is 15.2 Å². The van der Waals surface area contributed by atoms with Crippen LogP contribution < -0.4 is 5.32 Å². The van der Waals surface area contributed by atoms with Crippen LogP contribution >= 0.6 is 11.3 Å². The smallest absolute Gasteiger partial charge is 0.243 e. The molecule has 0 saturated carbocycles. The van der Waals surface area contributed by atoms with E-state index in [0.29, 0.717) is 25.9 Å². The summed E-state index contributed by atoms with van der Waals surface area (Å²) >= 11 is 1.57. The minimum Gasteiger partial charge on any atom is -0.361 e. The normalized spacial score (nSPS) is 16.6. The summed E-state index contributed by atoms with van der Waals surface area (Å²) < 4.78 is 0. The van der Waals surface area contributed by atoms with Gasteiger partial charge in [-0.2, -0.15) is 0 Å². The third-order valence-electron chi connectivity index (χ3n) is 5.27. The van der Waals surface area contributed by atoms with E-state index in [9.17, 15) is 9.59 Å². The molecular formula is C21H24N4O2S. The van der Waals surface area contributed by atoms with Gasteiger partial charge in [0.15, 0.2) is 0 Å². The van der Waals surface area contributed by atoms with Crippen molar-refractivity contribution in [3.8, 4) is 0 Å². The maximum atomic E-state index is 12.8. The van der Waals surface area contributed by atoms with E-state index < -0.39 is 0 Å². The summed E-state index contributed by atoms with van der Waals surface area (Å²) in [5, 5.41) is 7.03. The number of carbonyl (C=O) groups excluding carboxylic acids is 2. The molecule has 0 bridgehead atoms. The number of carbonyl (C=O) groups is 2. The number of fused-ring (bicyclic) bond motifs is 1. The Morgan fingerprint density at radius 3 is 3.04 bits per heavy atom. The van der Waals surface area contributed by atoms with Gasteiger partial charge in [0.25, 0.3) is 0 Å². The molecule has 1 aliphatic heterocycles. The number of para-hydroxylation sites is 1. The van der Waals surface area contributed by atoms with Gasteiger partial charge in [-0.1, -0.05) is 18.2 Å². The fourth-order valence-corrected chi connectivity index (χ4v) is 4.46. The van der Waals surface area contributed by atoms with E-state index in [1.54, 1.807) is 16.2 Å². The Labute approximate surface area is 168 Å². The molecule has 1 unspecified atom stereocenters. The molecule has 6 nitrogen and oxygen atoms in total. The van der Waals surface area contributed by atoms with E-state index >= 15 is 0 Å². The number of thiazole rings is 1. The van der Waals surface area contributed by atoms with Crippen molar-refractivity contribution in [3.05, 3.63) is 52.1 Å². The van der Waals surface area contributed by atoms with Gasteiger partial charge in [0.1, 0.15) is 6.04 Å². The van der Waals surface area contributed by atoms with Gasteiger partial charge in [0.05, 0.1) is 17.2 Å². The summed E-state index contributed by atoms with van der Waals surface area (Å²) in [5.41, 5.74) is 3.09. The second-order valence-corrected chi connectivity index (χ2v) is 8.24. The number of nitrogens with zero attached hydrogens (tertiary/aromatic N) is 2. The maximum absolute atomic E-state index is 12.8. The number of rotatable bonds is 6. The second kappa shape index (κ2) is 8.14. The van der Waals surface area contributed by atoms with E-state index in [0.717, 1.165) is 40.0 Å². The number of benzene rings is 1. The molecule has 0 radical (unpaired) electrons. The number of hydrogen-bond donors (Lipinski definition) is 2. The van der Waals surface area contributed by atoms with Crippen molar-refractivity contribution in [1.29, 1.82) is 0 Å². The average Bonchev–Trinajstić information content (AvgIpc) is 3.44. The van der Waals surface area contributed by atoms with Crippen molar-refractivity contribution < 1.29 is 9.59 Å². The topological polar surface area (TPSA) is 78.1 Å². The van der Waals surface area contributed by atoms with E-state index in [1.165, 1.54) is 0 Å². The Hall–Kier alpha value is -2.67. The molecule has 2 N–H and O–H groups in total. The number of likely N-dealkylation sites (tertiary alicyclic amines) is 1. The number of nitrogens with one attached hydrogen (secondary N) is 2. The molecule has 1 aliphatic rings. The predicted octanol–water partition coefficient (Wildman–Crippen LogP) is 3.17. The number of hydrogen-bond acceptors (Lipinski definition) is 4. The van der Waals surface area contributed by atoms with Crippen LogP contribution in [0.15, 0.2) is 35.8 Å². The van der Waals surface area contributed by atoms with E-state index in [4.69, 9.17) is 0 Å². The SMILES string of the molecule is Cc1nc(CNC(=O)C2CCCN2C(=O)CCc2c[nH]c3ccccc23)cs1. The first-order chi connectivity index (χ1) is 13.6. The number of aromatic nitrogens is 2. The van der Waals surface area contributed by atoms with Gasteiger partial charge in [0.2, 0.25) is 11.8 Å². The average molecular weight is 397 g/mol. The minimum absolute atomic E-state index is 0.0485. The highest BCUT2D eigenvalue weighted by Gasteiger charge is 2.33. The van der Waals surface area contributed by atoms with Crippen molar-refractivity contribution >= 4 is 34.1 Å². The van der Waals surface area contributed by atoms with Crippen molar-refractivity contribution in [3.63, 3.8) is 0 Å². The van der Waals surface area contributed by atoms with Gasteiger partial charge in [0, 0.05) is 35.4 Å². The fourth-order valence-electron chi connectivity index (χ4n) is 3.85. The lowest BCUT2D eigenvalue weighted by molar-refractivity contribution is -0.138. The summed E-state index contributed by atoms with van der Waals surface area (Å²) in [6.45, 7) is 3.01. The van der Waals surface area contributed by atoms with Crippen molar-refractivity contribution in [2.24, 2.45) is 0 Å². The molecule has 3 heterocycles. The van der Waals surface area contributed by atoms with E-state index in [2.05, 4.69) is 21.4 Å². The van der Waals surface area contributed by atoms with Gasteiger partial charge in [-0.05, 0) is 37.8 Å². The van der Waals surface area contributed by atoms with Gasteiger partial charge in [-0.3, -0.25) is 9.59 Å². The number of H-pyrrole nitrogens is 1. The monoisotopic (exact) mass is 396 g/mol. The van der Waals surface area contributed by atoms with E-state index in [-0.39, 0.29) is 17.9 Å². The summed E-state index contributed by atoms with van der Waals surface area (Å²) in [6.07, 6.45) is 4.65. The second-order valence-electron chi connectivity index (χ2n) is 7.18. The standard InChI is InChI=1S/C21H24N4O2S/c1-14-24-16(13-28-14)12-23-21(27)19-7-4-10-25(19)20(26)9-8-15-11-22-18-6-3-2-5-17(15)18/h2-3,5-6,11,13,19,22H,4,7-10,12H2,1H3,(H,23,27). The molecule has 28 heavy (non-hydrogen) atoms. The Balaban J connectivity index is 1.34. The largest absolute Gasteiger partial charge is 0.361 e. The highest BCUT2D eigenvalue weighted by Crippen LogP contribution is 2.22. The van der Waals surface area contributed by atoms with Crippen LogP contribution in [0.5, 0.6) is 0 Å². The molecule has 0 spiro atoms. The quantitative estimate of drug-likeness (QED) is 0.672. The maximum Gasteiger partial charge on any atom is 0.243 e. The van der Waals surface area contributed by atoms with Crippen LogP contribution in [-0.2, 0) is 22.6 Å². The molecule has 1 aromatic carbocycles. The molecule has 2 amide bonds. The lowest BCUT2D eigenvalue weighted by atomic mass is 10.1. The van der Waals surface area contributed by atoms with Crippen molar-refractivity contribution in [1.82, 2.24) is 20.2 Å². The molecule has 4 rings (SSSR count). The first-order valence-corrected chi connectivity index (χ1v) is 10.5. The van der Waals surface area contributed by atoms with Crippen LogP contribution in [0.3, 0.4) is 0 Å². The number of amides is 2. The minimum atomic E-state index is -0.366. The summed E-state index contributed by atoms with van der Waals surface area (Å²) in [7, 11) is 0. The molecule has 7 heteroatoms. The fraction of sp³-hybridized carbons (Fsp3) is 0.381. The number of aryl methyl sites for hydroxylation is 2. The van der Waals surface area contributed by atoms with Crippen molar-refractivity contribution in [2.45, 2.75) is 45.2 Å². The summed E-state index contributed by atoms with van der Waals surface area (Å²) in [6, 6.07) is 7.74. The molecular weight excluding hydrogens is 372 g/mol. The van der Waals surface area contributed by atoms with Crippen LogP contribution in [0.25, 0.3) is 10.9 Å². The number of aromatic amines is 1. The van der Waals surface area contributed by atoms with Crippen LogP contribution in [0, 0.1) is 6.92 Å². The van der Waals surface area contributed by atoms with Crippen LogP contribution in [0.1, 0.15) is 35.5 Å². The lowest BCUT2D eigenvalue weighted by Gasteiger charge is -2.24. The van der Waals surface area contributed by atoms with Gasteiger partial charge in [-0.25, -0.2) is 4.98 Å². The molecule has 0 aliphatic carbocycles. The molecule has 1 atom stereocenters. The van der Waals surface area contributed by atoms with Crippen LogP contribution in [-0.4, -0.2) is 39.3 Å². The Kier molecular flexibility index (Phi) is 5.43. The molecule has 1 fully saturated rings. The Morgan fingerprint density at radius 2 is 2.21 bits per heavy atom. The highest BCUT2D eigenvalue weighted by molar-refractivity contribution is 7.09. The Bertz CT molecular complexity index is 993. The van der Waals surface area contributed by atoms with Crippen LogP contribution in [0.4, 0.5) is 0 Å². The van der Waals surface area contributed by atoms with E-state index in [1.807, 2.05) is 36.7 Å². The summed E-state index contributed by atoms with van der Waals surface area (Å²) in [5.74, 6) is -0.0315. The lowest BCUT2D eigenvalue weighted by Crippen LogP contribution is -2.45. The van der Waals surface area contributed by atoms with Gasteiger partial charge in [-0.15, -0.1) is 11.3 Å². The van der Waals surface area contributed by atoms with Crippen molar-refractivity contribution in [2.75, 3.05) is 6.54 Å². The predicted molar refractivity (Wildman–Crippen MR) is 110 cm³/mol. The first-order valence-electron chi connectivity index (χ1n) is 9.65. The first kappa shape index (κ1) is 18.7. The third-order valence-corrected chi connectivity index (χ3v) is 6.09. The summed E-state index contributed by atoms with van der Waals surface area (Å²) in [4.78, 5) is 34.8. The third kappa shape index (κ3) is 3.94. The van der Waals surface area contributed by atoms with Gasteiger partial charge >= 0.3 is 0 Å². The zero-order valence-electron chi connectivity index (χ0n) is 15.9. The Morgan fingerprint density at radius 1 is 1.36 bits per heavy atom. The molecule has 3 aromatic rings. The zero-order valence-corrected chi connectivity index (χ0v) is 16.7. The molecule has 2 aromatic heterocycles.